The van der Waals surface area contributed by atoms with E-state index in [2.05, 4.69) is 380 Å². The maximum absolute atomic E-state index is 5.63. The average Bonchev–Trinajstić information content (AvgIpc) is 1.54. The van der Waals surface area contributed by atoms with Crippen LogP contribution in [0.2, 0.25) is 0 Å². The number of rotatable bonds is 9. The molecule has 0 aliphatic heterocycles. The second-order valence-electron chi connectivity index (χ2n) is 37.2. The van der Waals surface area contributed by atoms with Crippen molar-refractivity contribution in [2.75, 3.05) is 0 Å². The molecule has 0 atom stereocenters. The molecule has 25 aromatic rings. The van der Waals surface area contributed by atoms with Crippen LogP contribution in [0.25, 0.3) is 269 Å². The van der Waals surface area contributed by atoms with Crippen molar-refractivity contribution in [2.45, 2.75) is 52.4 Å². The summed E-state index contributed by atoms with van der Waals surface area (Å²) in [7, 11) is 0. The van der Waals surface area contributed by atoms with E-state index in [4.69, 9.17) is 34.9 Å². The van der Waals surface area contributed by atoms with E-state index in [1.807, 2.05) is 37.6 Å². The van der Waals surface area contributed by atoms with Crippen LogP contribution in [-0.2, 0) is 10.8 Å². The number of nitrogens with zero attached hydrogens (tertiary/aromatic N) is 8. The zero-order chi connectivity index (χ0) is 87.8. The van der Waals surface area contributed by atoms with E-state index in [9.17, 15) is 0 Å². The van der Waals surface area contributed by atoms with Crippen molar-refractivity contribution in [1.82, 2.24) is 34.9 Å². The summed E-state index contributed by atoms with van der Waals surface area (Å²) in [5.41, 5.74) is 33.7. The van der Waals surface area contributed by atoms with Crippen LogP contribution in [0.3, 0.4) is 0 Å². The summed E-state index contributed by atoms with van der Waals surface area (Å²) in [5, 5.41) is 26.8. The lowest BCUT2D eigenvalue weighted by molar-refractivity contribution is 0.661. The Balaban J connectivity index is 0.499. The van der Waals surface area contributed by atoms with Crippen molar-refractivity contribution in [3.63, 3.8) is 0 Å². The van der Waals surface area contributed by atoms with Gasteiger partial charge in [-0.15, -0.1) is 0 Å². The van der Waals surface area contributed by atoms with E-state index in [-0.39, 0.29) is 10.8 Å². The van der Waals surface area contributed by atoms with Crippen LogP contribution in [0.15, 0.2) is 363 Å². The summed E-state index contributed by atoms with van der Waals surface area (Å²) >= 11 is 0. The van der Waals surface area contributed by atoms with Gasteiger partial charge in [-0.2, -0.15) is 0 Å². The van der Waals surface area contributed by atoms with Gasteiger partial charge in [-0.3, -0.25) is 19.9 Å². The summed E-state index contributed by atoms with van der Waals surface area (Å²) in [5.74, 6) is 0. The van der Waals surface area contributed by atoms with Gasteiger partial charge >= 0.3 is 0 Å². The Morgan fingerprint density at radius 1 is 0.250 bits per heavy atom. The highest BCUT2D eigenvalue weighted by Gasteiger charge is 2.39. The number of fused-ring (bicyclic) bond motifs is 33. The standard InChI is InChI=1S/C124H80N8/c1-8-19-91-80-21-9-10-22-81(80)94-48-53-113(132-121(94)118(91)125-7)75-39-44-79(68(2)58-75)74-38-45-86-96(59-74)82-23-11-13-25-84(82)100-65-105-103-61-77(41-50-106(103)123(3,4)109(105)67-102(86)100)112-52-43-78-62-98(93-30-18-56-127-119(93)117(78)130-112)90-28-15-27-89-92-29-17-57-128-120(92)122-95(114(89)90)49-54-110(131-122)70-33-31-69(32-34-70)73-37-47-88-104-64-99-85-26-14-12-24-83(85)97-60-76(40-46-87(97)101(99)66-108(104)124(5,6)107(88)63-73)111-51-42-72-36-35-71-20-16-55-126-115(71)116(72)129-111/h8-67H,7H2,1-6H3/b19-8-. The number of hydrogen-bond acceptors (Lipinski definition) is 8. The maximum atomic E-state index is 5.63. The largest absolute Gasteiger partial charge is 0.262 e. The molecule has 132 heavy (non-hydrogen) atoms. The third kappa shape index (κ3) is 11.0. The molecule has 0 amide bonds. The average molecular weight is 1680 g/mol. The van der Waals surface area contributed by atoms with Crippen molar-refractivity contribution >= 4 is 181 Å². The molecule has 7 heterocycles. The number of aryl methyl sites for hydroxylation is 1. The monoisotopic (exact) mass is 1680 g/mol. The van der Waals surface area contributed by atoms with Gasteiger partial charge in [0.1, 0.15) is 0 Å². The fourth-order valence-electron chi connectivity index (χ4n) is 22.9. The molecule has 18 aromatic carbocycles. The molecule has 27 rings (SSSR count). The summed E-state index contributed by atoms with van der Waals surface area (Å²) < 4.78 is 0. The quantitative estimate of drug-likeness (QED) is 0.105. The zero-order valence-electron chi connectivity index (χ0n) is 73.4. The number of allylic oxidation sites excluding steroid dienone is 1. The molecule has 0 bridgehead atoms. The van der Waals surface area contributed by atoms with Crippen LogP contribution in [0, 0.1) is 6.92 Å². The fourth-order valence-corrected chi connectivity index (χ4v) is 22.9. The van der Waals surface area contributed by atoms with Gasteiger partial charge in [-0.05, 0) is 305 Å². The molecule has 2 aliphatic carbocycles. The van der Waals surface area contributed by atoms with E-state index < -0.39 is 0 Å². The molecule has 0 saturated heterocycles. The Labute approximate surface area is 760 Å². The first kappa shape index (κ1) is 75.5. The van der Waals surface area contributed by atoms with Crippen LogP contribution < -0.4 is 0 Å². The van der Waals surface area contributed by atoms with Gasteiger partial charge < -0.3 is 0 Å². The molecule has 0 unspecified atom stereocenters. The van der Waals surface area contributed by atoms with Crippen LogP contribution in [0.5, 0.6) is 0 Å². The third-order valence-corrected chi connectivity index (χ3v) is 29.4. The third-order valence-electron chi connectivity index (χ3n) is 29.4. The molecule has 0 fully saturated rings. The van der Waals surface area contributed by atoms with Crippen molar-refractivity contribution < 1.29 is 0 Å². The molecule has 0 saturated carbocycles. The molecule has 0 N–H and O–H groups in total. The Morgan fingerprint density at radius 3 is 1.36 bits per heavy atom. The predicted octanol–water partition coefficient (Wildman–Crippen LogP) is 32.7. The fraction of sp³-hybridized carbons (Fsp3) is 0.0645. The van der Waals surface area contributed by atoms with Gasteiger partial charge in [0.05, 0.1) is 67.1 Å². The highest BCUT2D eigenvalue weighted by molar-refractivity contribution is 6.31. The van der Waals surface area contributed by atoms with E-state index in [1.54, 1.807) is 0 Å². The number of aliphatic imine (C=N–C) groups is 1. The smallest absolute Gasteiger partial charge is 0.0978 e. The number of hydrogen-bond donors (Lipinski definition) is 0. The minimum absolute atomic E-state index is 0.267. The molecule has 0 radical (unpaired) electrons. The van der Waals surface area contributed by atoms with E-state index in [0.717, 1.165) is 171 Å². The highest BCUT2D eigenvalue weighted by Crippen LogP contribution is 2.56. The zero-order valence-corrected chi connectivity index (χ0v) is 73.4. The summed E-state index contributed by atoms with van der Waals surface area (Å²) in [6, 6.07) is 124. The van der Waals surface area contributed by atoms with Crippen molar-refractivity contribution in [3.8, 4) is 101 Å². The van der Waals surface area contributed by atoms with Gasteiger partial charge in [0.2, 0.25) is 0 Å². The second-order valence-corrected chi connectivity index (χ2v) is 37.2. The minimum atomic E-state index is -0.275. The predicted molar refractivity (Wildman–Crippen MR) is 555 cm³/mol. The van der Waals surface area contributed by atoms with Crippen LogP contribution in [0.1, 0.15) is 68.0 Å². The summed E-state index contributed by atoms with van der Waals surface area (Å²) in [6.07, 6.45) is 9.82. The molecule has 7 aromatic heterocycles. The molecule has 0 spiro atoms. The first-order valence-corrected chi connectivity index (χ1v) is 45.5. The molecular weight excluding hydrogens is 1600 g/mol. The van der Waals surface area contributed by atoms with Gasteiger partial charge in [-0.25, -0.2) is 19.9 Å². The maximum Gasteiger partial charge on any atom is 0.0978 e. The summed E-state index contributed by atoms with van der Waals surface area (Å²) in [4.78, 5) is 41.5. The number of benzene rings is 18. The first-order chi connectivity index (χ1) is 64.7. The Morgan fingerprint density at radius 2 is 0.682 bits per heavy atom. The molecular formula is C124H80N8. The summed E-state index contributed by atoms with van der Waals surface area (Å²) in [6.45, 7) is 17.8. The SMILES string of the molecule is C=Nc1c(/C=C\C)c2ccccc2c2ccc(-c3ccc(-c4ccc5c(c4)c4ccccc4c4cc6c(cc54)C(C)(C)c4ccc(-c5ccc7cc(-c8cccc9c%10cccnc%10c%10nc(-c%11ccc(-c%12ccc%13c(c%12)C(C)(C)c%12cc%14c%15ccc(-c%16ccc%17ccc%18cccnc%18c%17n%16)cc%15c%15ccccc%15c%14cc%12-%13)cc%11)ccc%10c89)c8cccnc8c7n5)cc4-6)c(C)c3)nc12. The van der Waals surface area contributed by atoms with Crippen LogP contribution in [-0.4, -0.2) is 41.6 Å². The lowest BCUT2D eigenvalue weighted by Gasteiger charge is -2.23. The highest BCUT2D eigenvalue weighted by atomic mass is 14.8. The lowest BCUT2D eigenvalue weighted by Crippen LogP contribution is -2.15. The van der Waals surface area contributed by atoms with Crippen LogP contribution >= 0.6 is 0 Å². The van der Waals surface area contributed by atoms with Gasteiger partial charge in [-0.1, -0.05) is 258 Å². The van der Waals surface area contributed by atoms with E-state index in [0.29, 0.717) is 0 Å². The molecule has 8 nitrogen and oxygen atoms in total. The first-order valence-electron chi connectivity index (χ1n) is 45.5. The van der Waals surface area contributed by atoms with Crippen molar-refractivity contribution in [3.05, 3.63) is 392 Å². The van der Waals surface area contributed by atoms with Crippen molar-refractivity contribution in [2.24, 2.45) is 4.99 Å². The molecule has 616 valence electrons. The number of aromatic nitrogens is 7. The van der Waals surface area contributed by atoms with Gasteiger partial charge in [0, 0.05) is 94.9 Å². The minimum Gasteiger partial charge on any atom is -0.262 e. The second kappa shape index (κ2) is 28.2. The van der Waals surface area contributed by atoms with Crippen molar-refractivity contribution in [1.29, 1.82) is 0 Å². The topological polar surface area (TPSA) is 103 Å². The molecule has 8 heteroatoms. The number of pyridine rings is 7. The van der Waals surface area contributed by atoms with E-state index in [1.165, 1.54) is 131 Å². The van der Waals surface area contributed by atoms with Gasteiger partial charge in [0.15, 0.2) is 0 Å². The lowest BCUT2D eigenvalue weighted by atomic mass is 9.80. The normalized spacial score (nSPS) is 13.3. The Bertz CT molecular complexity index is 9590. The van der Waals surface area contributed by atoms with Gasteiger partial charge in [0.25, 0.3) is 0 Å². The van der Waals surface area contributed by atoms with E-state index >= 15 is 0 Å². The Kier molecular flexibility index (Phi) is 16.1. The Hall–Kier alpha value is -16.7. The molecule has 2 aliphatic rings. The van der Waals surface area contributed by atoms with Crippen LogP contribution in [0.4, 0.5) is 5.69 Å².